The van der Waals surface area contributed by atoms with Gasteiger partial charge >= 0.3 is 5.97 Å². The molecule has 0 aromatic carbocycles. The molecule has 0 unspecified atom stereocenters. The number of carbonyl (C=O) groups is 1. The summed E-state index contributed by atoms with van der Waals surface area (Å²) in [6.07, 6.45) is 0. The number of thioether (sulfide) groups is 1. The van der Waals surface area contributed by atoms with Crippen LogP contribution in [-0.2, 0) is 9.53 Å². The van der Waals surface area contributed by atoms with Gasteiger partial charge in [0, 0.05) is 5.92 Å². The number of esters is 1. The number of nitrogens with one attached hydrogen (secondary N) is 1. The number of aromatic amines is 1. The molecule has 1 aromatic heterocycles. The van der Waals surface area contributed by atoms with Crippen molar-refractivity contribution in [2.45, 2.75) is 31.8 Å². The molecule has 0 aliphatic rings. The number of rotatable bonds is 5. The van der Waals surface area contributed by atoms with Crippen LogP contribution in [0.25, 0.3) is 0 Å². The van der Waals surface area contributed by atoms with E-state index < -0.39 is 0 Å². The van der Waals surface area contributed by atoms with Crippen LogP contribution in [0.4, 0.5) is 0 Å². The van der Waals surface area contributed by atoms with E-state index in [0.29, 0.717) is 17.7 Å². The Morgan fingerprint density at radius 2 is 2.33 bits per heavy atom. The molecular formula is C9H15N3O2S. The molecule has 1 rings (SSSR count). The zero-order chi connectivity index (χ0) is 11.3. The molecule has 0 atom stereocenters. The summed E-state index contributed by atoms with van der Waals surface area (Å²) >= 11 is 1.28. The Morgan fingerprint density at radius 3 is 2.87 bits per heavy atom. The molecule has 0 spiro atoms. The molecule has 0 aliphatic carbocycles. The van der Waals surface area contributed by atoms with Gasteiger partial charge in [0.1, 0.15) is 5.82 Å². The Kier molecular flexibility index (Phi) is 4.61. The first-order valence-corrected chi connectivity index (χ1v) is 5.82. The zero-order valence-corrected chi connectivity index (χ0v) is 9.93. The number of hydrogen-bond donors (Lipinski definition) is 1. The standard InChI is InChI=1S/C9H15N3O2S/c1-4-14-7(13)5-15-9-10-8(6(2)3)11-12-9/h6H,4-5H2,1-3H3,(H,10,11,12). The van der Waals surface area contributed by atoms with E-state index in [0.717, 1.165) is 5.82 Å². The summed E-state index contributed by atoms with van der Waals surface area (Å²) in [6, 6.07) is 0. The van der Waals surface area contributed by atoms with Gasteiger partial charge in [-0.25, -0.2) is 4.98 Å². The lowest BCUT2D eigenvalue weighted by Gasteiger charge is -1.98. The largest absolute Gasteiger partial charge is 0.465 e. The molecule has 0 amide bonds. The van der Waals surface area contributed by atoms with Crippen molar-refractivity contribution < 1.29 is 9.53 Å². The number of carbonyl (C=O) groups excluding carboxylic acids is 1. The van der Waals surface area contributed by atoms with Crippen molar-refractivity contribution in [2.24, 2.45) is 0 Å². The van der Waals surface area contributed by atoms with E-state index in [4.69, 9.17) is 4.74 Å². The maximum Gasteiger partial charge on any atom is 0.316 e. The molecule has 84 valence electrons. The van der Waals surface area contributed by atoms with Crippen molar-refractivity contribution in [3.63, 3.8) is 0 Å². The summed E-state index contributed by atoms with van der Waals surface area (Å²) in [5.74, 6) is 1.16. The highest BCUT2D eigenvalue weighted by molar-refractivity contribution is 7.99. The summed E-state index contributed by atoms with van der Waals surface area (Å²) in [5, 5.41) is 7.41. The van der Waals surface area contributed by atoms with Gasteiger partial charge in [0.05, 0.1) is 12.4 Å². The van der Waals surface area contributed by atoms with Crippen LogP contribution in [0.5, 0.6) is 0 Å². The maximum absolute atomic E-state index is 11.0. The fourth-order valence-corrected chi connectivity index (χ4v) is 1.51. The number of ether oxygens (including phenoxy) is 1. The number of hydrogen-bond acceptors (Lipinski definition) is 5. The van der Waals surface area contributed by atoms with Gasteiger partial charge in [-0.2, -0.15) is 0 Å². The monoisotopic (exact) mass is 229 g/mol. The van der Waals surface area contributed by atoms with Crippen LogP contribution >= 0.6 is 11.8 Å². The van der Waals surface area contributed by atoms with Crippen LogP contribution < -0.4 is 0 Å². The molecule has 15 heavy (non-hydrogen) atoms. The molecule has 0 radical (unpaired) electrons. The Labute approximate surface area is 93.0 Å². The van der Waals surface area contributed by atoms with Gasteiger partial charge in [0.25, 0.3) is 0 Å². The lowest BCUT2D eigenvalue weighted by atomic mass is 10.2. The average Bonchev–Trinajstić information content (AvgIpc) is 2.63. The van der Waals surface area contributed by atoms with Gasteiger partial charge in [0.15, 0.2) is 0 Å². The second-order valence-electron chi connectivity index (χ2n) is 3.25. The summed E-state index contributed by atoms with van der Waals surface area (Å²) in [7, 11) is 0. The van der Waals surface area contributed by atoms with Crippen LogP contribution in [0.1, 0.15) is 32.5 Å². The predicted molar refractivity (Wildman–Crippen MR) is 57.8 cm³/mol. The van der Waals surface area contributed by atoms with E-state index in [1.54, 1.807) is 6.92 Å². The third-order valence-electron chi connectivity index (χ3n) is 1.65. The molecule has 1 N–H and O–H groups in total. The van der Waals surface area contributed by atoms with E-state index in [1.807, 2.05) is 13.8 Å². The Hall–Kier alpha value is -1.04. The van der Waals surface area contributed by atoms with Gasteiger partial charge in [0.2, 0.25) is 5.16 Å². The van der Waals surface area contributed by atoms with Crippen LogP contribution in [-0.4, -0.2) is 33.5 Å². The molecule has 6 heteroatoms. The Balaban J connectivity index is 2.41. The normalized spacial score (nSPS) is 10.7. The molecule has 0 fully saturated rings. The lowest BCUT2D eigenvalue weighted by Crippen LogP contribution is -2.06. The van der Waals surface area contributed by atoms with Crippen molar-refractivity contribution in [1.29, 1.82) is 0 Å². The first-order valence-electron chi connectivity index (χ1n) is 4.84. The van der Waals surface area contributed by atoms with Gasteiger partial charge in [-0.05, 0) is 6.92 Å². The Morgan fingerprint density at radius 1 is 1.60 bits per heavy atom. The molecule has 1 aromatic rings. The minimum absolute atomic E-state index is 0.238. The number of H-pyrrole nitrogens is 1. The third kappa shape index (κ3) is 3.91. The fourth-order valence-electron chi connectivity index (χ4n) is 0.907. The van der Waals surface area contributed by atoms with Crippen LogP contribution in [0.15, 0.2) is 5.16 Å². The first kappa shape index (κ1) is 12.0. The lowest BCUT2D eigenvalue weighted by molar-refractivity contribution is -0.139. The minimum atomic E-state index is -0.238. The first-order chi connectivity index (χ1) is 7.13. The van der Waals surface area contributed by atoms with Gasteiger partial charge in [-0.3, -0.25) is 9.89 Å². The SMILES string of the molecule is CCOC(=O)CSc1n[nH]c(C(C)C)n1. The van der Waals surface area contributed by atoms with Crippen molar-refractivity contribution in [1.82, 2.24) is 15.2 Å². The maximum atomic E-state index is 11.0. The smallest absolute Gasteiger partial charge is 0.316 e. The highest BCUT2D eigenvalue weighted by Crippen LogP contribution is 2.15. The quantitative estimate of drug-likeness (QED) is 0.613. The summed E-state index contributed by atoms with van der Waals surface area (Å²) in [5.41, 5.74) is 0. The molecule has 1 heterocycles. The van der Waals surface area contributed by atoms with Gasteiger partial charge in [-0.1, -0.05) is 25.6 Å². The molecule has 5 nitrogen and oxygen atoms in total. The summed E-state index contributed by atoms with van der Waals surface area (Å²) in [4.78, 5) is 15.3. The van der Waals surface area contributed by atoms with Gasteiger partial charge in [-0.15, -0.1) is 5.10 Å². The van der Waals surface area contributed by atoms with Crippen LogP contribution in [0.2, 0.25) is 0 Å². The van der Waals surface area contributed by atoms with E-state index >= 15 is 0 Å². The average molecular weight is 229 g/mol. The molecule has 0 aliphatic heterocycles. The third-order valence-corrected chi connectivity index (χ3v) is 2.47. The van der Waals surface area contributed by atoms with Crippen molar-refractivity contribution in [3.8, 4) is 0 Å². The van der Waals surface area contributed by atoms with Crippen LogP contribution in [0, 0.1) is 0 Å². The minimum Gasteiger partial charge on any atom is -0.465 e. The van der Waals surface area contributed by atoms with Crippen molar-refractivity contribution in [2.75, 3.05) is 12.4 Å². The second-order valence-corrected chi connectivity index (χ2v) is 4.19. The summed E-state index contributed by atoms with van der Waals surface area (Å²) < 4.78 is 4.79. The van der Waals surface area contributed by atoms with Crippen molar-refractivity contribution >= 4 is 17.7 Å². The van der Waals surface area contributed by atoms with Crippen molar-refractivity contribution in [3.05, 3.63) is 5.82 Å². The Bertz CT molecular complexity index is 325. The van der Waals surface area contributed by atoms with E-state index in [-0.39, 0.29) is 11.7 Å². The molecular weight excluding hydrogens is 214 g/mol. The second kappa shape index (κ2) is 5.75. The van der Waals surface area contributed by atoms with Gasteiger partial charge < -0.3 is 4.74 Å². The highest BCUT2D eigenvalue weighted by atomic mass is 32.2. The topological polar surface area (TPSA) is 67.9 Å². The zero-order valence-electron chi connectivity index (χ0n) is 9.11. The molecule has 0 saturated carbocycles. The number of aromatic nitrogens is 3. The van der Waals surface area contributed by atoms with Crippen LogP contribution in [0.3, 0.4) is 0 Å². The number of nitrogens with zero attached hydrogens (tertiary/aromatic N) is 2. The summed E-state index contributed by atoms with van der Waals surface area (Å²) in [6.45, 7) is 6.25. The molecule has 0 saturated heterocycles. The predicted octanol–water partition coefficient (Wildman–Crippen LogP) is 1.58. The highest BCUT2D eigenvalue weighted by Gasteiger charge is 2.09. The fraction of sp³-hybridized carbons (Fsp3) is 0.667. The molecule has 0 bridgehead atoms. The van der Waals surface area contributed by atoms with E-state index in [9.17, 15) is 4.79 Å². The van der Waals surface area contributed by atoms with E-state index in [2.05, 4.69) is 15.2 Å². The van der Waals surface area contributed by atoms with E-state index in [1.165, 1.54) is 11.8 Å².